The van der Waals surface area contributed by atoms with Gasteiger partial charge in [0.1, 0.15) is 0 Å². The van der Waals surface area contributed by atoms with Crippen LogP contribution >= 0.6 is 0 Å². The number of aliphatic hydroxyl groups is 1. The van der Waals surface area contributed by atoms with E-state index in [0.717, 1.165) is 36.1 Å². The summed E-state index contributed by atoms with van der Waals surface area (Å²) in [6.07, 6.45) is 1.32. The number of benzene rings is 1. The van der Waals surface area contributed by atoms with Crippen molar-refractivity contribution in [3.63, 3.8) is 0 Å². The van der Waals surface area contributed by atoms with E-state index in [2.05, 4.69) is 0 Å². The Morgan fingerprint density at radius 3 is 2.44 bits per heavy atom. The molecule has 98 valence electrons. The van der Waals surface area contributed by atoms with Gasteiger partial charge in [-0.1, -0.05) is 17.7 Å². The van der Waals surface area contributed by atoms with Gasteiger partial charge in [-0.2, -0.15) is 0 Å². The van der Waals surface area contributed by atoms with Crippen LogP contribution in [0.1, 0.15) is 39.9 Å². The molecule has 1 heterocycles. The van der Waals surface area contributed by atoms with E-state index >= 15 is 0 Å². The third-order valence-corrected chi connectivity index (χ3v) is 3.57. The van der Waals surface area contributed by atoms with Gasteiger partial charge in [0.15, 0.2) is 0 Å². The maximum Gasteiger partial charge on any atom is 0.254 e. The Hall–Kier alpha value is -1.35. The normalized spacial score (nSPS) is 20.0. The van der Waals surface area contributed by atoms with Crippen LogP contribution in [-0.2, 0) is 0 Å². The van der Waals surface area contributed by atoms with Crippen molar-refractivity contribution < 1.29 is 9.90 Å². The Kier molecular flexibility index (Phi) is 3.71. The second-order valence-corrected chi connectivity index (χ2v) is 5.32. The Morgan fingerprint density at radius 1 is 1.28 bits per heavy atom. The standard InChI is InChI=1S/C15H21NO2/c1-10-7-11(2)14(12(3)8-10)15(18)16-6-4-5-13(17)9-16/h7-8,13,17H,4-6,9H2,1-3H3/t13-/m0/s1. The molecule has 0 unspecified atom stereocenters. The first-order valence-electron chi connectivity index (χ1n) is 6.54. The van der Waals surface area contributed by atoms with Gasteiger partial charge in [-0.15, -0.1) is 0 Å². The number of hydrogen-bond acceptors (Lipinski definition) is 2. The third kappa shape index (κ3) is 2.56. The van der Waals surface area contributed by atoms with Crippen molar-refractivity contribution in [1.29, 1.82) is 0 Å². The number of rotatable bonds is 1. The lowest BCUT2D eigenvalue weighted by Gasteiger charge is -2.31. The number of amides is 1. The third-order valence-electron chi connectivity index (χ3n) is 3.57. The lowest BCUT2D eigenvalue weighted by molar-refractivity contribution is 0.0472. The molecule has 1 amide bonds. The molecule has 1 saturated heterocycles. The molecule has 3 heteroatoms. The SMILES string of the molecule is Cc1cc(C)c(C(=O)N2CCC[C@H](O)C2)c(C)c1. The minimum absolute atomic E-state index is 0.0590. The molecule has 0 bridgehead atoms. The highest BCUT2D eigenvalue weighted by molar-refractivity contribution is 5.97. The highest BCUT2D eigenvalue weighted by Crippen LogP contribution is 2.20. The van der Waals surface area contributed by atoms with Crippen molar-refractivity contribution in [3.8, 4) is 0 Å². The summed E-state index contributed by atoms with van der Waals surface area (Å²) < 4.78 is 0. The average molecular weight is 247 g/mol. The van der Waals surface area contributed by atoms with Crippen molar-refractivity contribution >= 4 is 5.91 Å². The van der Waals surface area contributed by atoms with Gasteiger partial charge in [0, 0.05) is 18.7 Å². The molecule has 0 saturated carbocycles. The number of β-amino-alcohol motifs (C(OH)–C–C–N with tert-alkyl or cyclic N) is 1. The van der Waals surface area contributed by atoms with Crippen LogP contribution < -0.4 is 0 Å². The molecule has 1 aliphatic rings. The van der Waals surface area contributed by atoms with Crippen LogP contribution in [0.3, 0.4) is 0 Å². The van der Waals surface area contributed by atoms with E-state index in [1.165, 1.54) is 5.56 Å². The molecule has 18 heavy (non-hydrogen) atoms. The number of aliphatic hydroxyl groups excluding tert-OH is 1. The van der Waals surface area contributed by atoms with Crippen LogP contribution in [0, 0.1) is 20.8 Å². The number of piperidine rings is 1. The van der Waals surface area contributed by atoms with E-state index in [0.29, 0.717) is 6.54 Å². The zero-order valence-corrected chi connectivity index (χ0v) is 11.4. The number of nitrogens with zero attached hydrogens (tertiary/aromatic N) is 1. The number of aryl methyl sites for hydroxylation is 3. The highest BCUT2D eigenvalue weighted by atomic mass is 16.3. The first-order chi connectivity index (χ1) is 8.49. The predicted octanol–water partition coefficient (Wildman–Crippen LogP) is 2.21. The van der Waals surface area contributed by atoms with Gasteiger partial charge in [-0.3, -0.25) is 4.79 Å². The van der Waals surface area contributed by atoms with Crippen LogP contribution in [-0.4, -0.2) is 35.1 Å². The molecular formula is C15H21NO2. The molecule has 0 radical (unpaired) electrons. The predicted molar refractivity (Wildman–Crippen MR) is 71.8 cm³/mol. The van der Waals surface area contributed by atoms with Crippen molar-refractivity contribution in [1.82, 2.24) is 4.90 Å². The molecule has 1 aromatic carbocycles. The fourth-order valence-corrected chi connectivity index (χ4v) is 2.81. The van der Waals surface area contributed by atoms with E-state index in [1.54, 1.807) is 4.90 Å². The van der Waals surface area contributed by atoms with Gasteiger partial charge in [-0.25, -0.2) is 0 Å². The summed E-state index contributed by atoms with van der Waals surface area (Å²) in [6, 6.07) is 4.08. The minimum atomic E-state index is -0.367. The second kappa shape index (κ2) is 5.11. The minimum Gasteiger partial charge on any atom is -0.391 e. The Bertz CT molecular complexity index is 445. The van der Waals surface area contributed by atoms with Crippen LogP contribution in [0.15, 0.2) is 12.1 Å². The van der Waals surface area contributed by atoms with Gasteiger partial charge in [0.05, 0.1) is 6.10 Å². The fourth-order valence-electron chi connectivity index (χ4n) is 2.81. The van der Waals surface area contributed by atoms with E-state index in [1.807, 2.05) is 32.9 Å². The number of carbonyl (C=O) groups excluding carboxylic acids is 1. The van der Waals surface area contributed by atoms with Crippen molar-refractivity contribution in [2.45, 2.75) is 39.7 Å². The summed E-state index contributed by atoms with van der Waals surface area (Å²) in [7, 11) is 0. The average Bonchev–Trinajstić information content (AvgIpc) is 2.27. The maximum atomic E-state index is 12.5. The summed E-state index contributed by atoms with van der Waals surface area (Å²) in [5, 5.41) is 9.66. The van der Waals surface area contributed by atoms with E-state index in [4.69, 9.17) is 0 Å². The number of hydrogen-bond donors (Lipinski definition) is 1. The smallest absolute Gasteiger partial charge is 0.254 e. The van der Waals surface area contributed by atoms with E-state index < -0.39 is 0 Å². The molecule has 1 aromatic rings. The molecule has 3 nitrogen and oxygen atoms in total. The van der Waals surface area contributed by atoms with Crippen LogP contribution in [0.4, 0.5) is 0 Å². The zero-order chi connectivity index (χ0) is 13.3. The van der Waals surface area contributed by atoms with Crippen molar-refractivity contribution in [3.05, 3.63) is 34.4 Å². The molecular weight excluding hydrogens is 226 g/mol. The zero-order valence-electron chi connectivity index (χ0n) is 11.4. The molecule has 1 aliphatic heterocycles. The summed E-state index contributed by atoms with van der Waals surface area (Å²) in [6.45, 7) is 7.22. The molecule has 0 spiro atoms. The molecule has 0 aromatic heterocycles. The Morgan fingerprint density at radius 2 is 1.89 bits per heavy atom. The molecule has 1 atom stereocenters. The summed E-state index contributed by atoms with van der Waals surface area (Å²) in [5.41, 5.74) is 4.03. The van der Waals surface area contributed by atoms with Gasteiger partial charge in [0.25, 0.3) is 5.91 Å². The lowest BCUT2D eigenvalue weighted by atomic mass is 9.97. The number of likely N-dealkylation sites (tertiary alicyclic amines) is 1. The maximum absolute atomic E-state index is 12.5. The molecule has 2 rings (SSSR count). The first kappa shape index (κ1) is 13.1. The van der Waals surface area contributed by atoms with Crippen molar-refractivity contribution in [2.75, 3.05) is 13.1 Å². The molecule has 1 N–H and O–H groups in total. The van der Waals surface area contributed by atoms with E-state index in [-0.39, 0.29) is 12.0 Å². The monoisotopic (exact) mass is 247 g/mol. The fraction of sp³-hybridized carbons (Fsp3) is 0.533. The summed E-state index contributed by atoms with van der Waals surface area (Å²) in [4.78, 5) is 14.3. The van der Waals surface area contributed by atoms with Crippen LogP contribution in [0.2, 0.25) is 0 Å². The number of carbonyl (C=O) groups is 1. The quantitative estimate of drug-likeness (QED) is 0.826. The largest absolute Gasteiger partial charge is 0.391 e. The van der Waals surface area contributed by atoms with E-state index in [9.17, 15) is 9.90 Å². The highest BCUT2D eigenvalue weighted by Gasteiger charge is 2.25. The summed E-state index contributed by atoms with van der Waals surface area (Å²) in [5.74, 6) is 0.0590. The van der Waals surface area contributed by atoms with Gasteiger partial charge in [-0.05, 0) is 44.7 Å². The second-order valence-electron chi connectivity index (χ2n) is 5.32. The van der Waals surface area contributed by atoms with Crippen LogP contribution in [0.5, 0.6) is 0 Å². The summed E-state index contributed by atoms with van der Waals surface area (Å²) >= 11 is 0. The Labute approximate surface area is 108 Å². The van der Waals surface area contributed by atoms with Crippen LogP contribution in [0.25, 0.3) is 0 Å². The topological polar surface area (TPSA) is 40.5 Å². The van der Waals surface area contributed by atoms with Gasteiger partial charge < -0.3 is 10.0 Å². The van der Waals surface area contributed by atoms with Gasteiger partial charge >= 0.3 is 0 Å². The lowest BCUT2D eigenvalue weighted by Crippen LogP contribution is -2.42. The molecule has 1 fully saturated rings. The molecule has 0 aliphatic carbocycles. The van der Waals surface area contributed by atoms with Crippen molar-refractivity contribution in [2.24, 2.45) is 0 Å². The van der Waals surface area contributed by atoms with Gasteiger partial charge in [0.2, 0.25) is 0 Å². The first-order valence-corrected chi connectivity index (χ1v) is 6.54. The Balaban J connectivity index is 2.28.